The molecule has 0 aliphatic carbocycles. The summed E-state index contributed by atoms with van der Waals surface area (Å²) >= 11 is 0. The van der Waals surface area contributed by atoms with Crippen LogP contribution in [0.15, 0.2) is 54.6 Å². The van der Waals surface area contributed by atoms with E-state index >= 15 is 0 Å². The quantitative estimate of drug-likeness (QED) is 0.889. The summed E-state index contributed by atoms with van der Waals surface area (Å²) in [5, 5.41) is 17.9. The Morgan fingerprint density at radius 1 is 1.09 bits per heavy atom. The minimum atomic E-state index is -0.973. The number of hydrogen-bond acceptors (Lipinski definition) is 3. The molecule has 0 bridgehead atoms. The number of amides is 1. The Labute approximate surface area is 134 Å². The average Bonchev–Trinajstić information content (AvgIpc) is 2.56. The van der Waals surface area contributed by atoms with Crippen LogP contribution < -0.4 is 4.90 Å². The summed E-state index contributed by atoms with van der Waals surface area (Å²) in [7, 11) is 0. The van der Waals surface area contributed by atoms with E-state index in [4.69, 9.17) is 10.4 Å². The minimum absolute atomic E-state index is 0.0654. The first-order valence-electron chi connectivity index (χ1n) is 7.16. The highest BCUT2D eigenvalue weighted by Gasteiger charge is 2.17. The molecule has 2 aromatic rings. The highest BCUT2D eigenvalue weighted by molar-refractivity contribution is 5.95. The predicted octanol–water partition coefficient (Wildman–Crippen LogP) is 2.61. The van der Waals surface area contributed by atoms with Gasteiger partial charge in [0.1, 0.15) is 0 Å². The Kier molecular flexibility index (Phi) is 5.48. The van der Waals surface area contributed by atoms with E-state index in [2.05, 4.69) is 0 Å². The number of carboxylic acids is 1. The van der Waals surface area contributed by atoms with Crippen molar-refractivity contribution in [1.82, 2.24) is 0 Å². The van der Waals surface area contributed by atoms with Gasteiger partial charge in [-0.05, 0) is 23.8 Å². The van der Waals surface area contributed by atoms with Crippen molar-refractivity contribution in [2.45, 2.75) is 12.8 Å². The zero-order chi connectivity index (χ0) is 16.7. The van der Waals surface area contributed by atoms with Gasteiger partial charge in [-0.3, -0.25) is 9.59 Å². The third kappa shape index (κ3) is 4.68. The fourth-order valence-corrected chi connectivity index (χ4v) is 2.21. The molecule has 0 fully saturated rings. The van der Waals surface area contributed by atoms with Crippen LogP contribution in [0.25, 0.3) is 0 Å². The topological polar surface area (TPSA) is 81.4 Å². The van der Waals surface area contributed by atoms with Gasteiger partial charge in [0.25, 0.3) is 0 Å². The number of aliphatic carboxylic acids is 1. The van der Waals surface area contributed by atoms with Gasteiger partial charge in [-0.15, -0.1) is 0 Å². The Bertz CT molecular complexity index is 735. The van der Waals surface area contributed by atoms with Gasteiger partial charge in [0.2, 0.25) is 5.91 Å². The lowest BCUT2D eigenvalue weighted by molar-refractivity contribution is -0.136. The Balaban J connectivity index is 2.24. The first-order chi connectivity index (χ1) is 11.1. The first-order valence-corrected chi connectivity index (χ1v) is 7.16. The maximum absolute atomic E-state index is 12.6. The van der Waals surface area contributed by atoms with Crippen molar-refractivity contribution >= 4 is 17.6 Å². The van der Waals surface area contributed by atoms with Crippen LogP contribution in [-0.2, 0) is 16.0 Å². The summed E-state index contributed by atoms with van der Waals surface area (Å²) in [6.07, 6.45) is 0.0224. The zero-order valence-corrected chi connectivity index (χ0v) is 12.5. The Morgan fingerprint density at radius 2 is 1.83 bits per heavy atom. The normalized spacial score (nSPS) is 9.87. The van der Waals surface area contributed by atoms with Crippen molar-refractivity contribution in [2.75, 3.05) is 11.4 Å². The molecular weight excluding hydrogens is 292 g/mol. The SMILES string of the molecule is N#Cc1cccc(N(CCC(=O)O)C(=O)Cc2ccccc2)c1. The molecule has 116 valence electrons. The third-order valence-corrected chi connectivity index (χ3v) is 3.34. The van der Waals surface area contributed by atoms with Crippen LogP contribution in [-0.4, -0.2) is 23.5 Å². The van der Waals surface area contributed by atoms with E-state index in [0.29, 0.717) is 11.3 Å². The molecule has 0 saturated heterocycles. The van der Waals surface area contributed by atoms with Gasteiger partial charge < -0.3 is 10.0 Å². The lowest BCUT2D eigenvalue weighted by atomic mass is 10.1. The van der Waals surface area contributed by atoms with Gasteiger partial charge in [0, 0.05) is 12.2 Å². The highest BCUT2D eigenvalue weighted by Crippen LogP contribution is 2.18. The summed E-state index contributed by atoms with van der Waals surface area (Å²) in [5.41, 5.74) is 1.82. The average molecular weight is 308 g/mol. The van der Waals surface area contributed by atoms with E-state index in [1.165, 1.54) is 4.90 Å². The van der Waals surface area contributed by atoms with Crippen LogP contribution in [0.4, 0.5) is 5.69 Å². The molecule has 2 rings (SSSR count). The maximum atomic E-state index is 12.6. The number of benzene rings is 2. The van der Waals surface area contributed by atoms with Gasteiger partial charge >= 0.3 is 5.97 Å². The highest BCUT2D eigenvalue weighted by atomic mass is 16.4. The molecule has 0 aliphatic heterocycles. The Hall–Kier alpha value is -3.13. The number of nitriles is 1. The predicted molar refractivity (Wildman–Crippen MR) is 85.9 cm³/mol. The van der Waals surface area contributed by atoms with Crippen molar-refractivity contribution in [2.24, 2.45) is 0 Å². The van der Waals surface area contributed by atoms with E-state index in [-0.39, 0.29) is 25.3 Å². The molecule has 0 aliphatic rings. The summed E-state index contributed by atoms with van der Waals surface area (Å²) in [6, 6.07) is 17.9. The van der Waals surface area contributed by atoms with E-state index in [0.717, 1.165) is 5.56 Å². The van der Waals surface area contributed by atoms with Crippen molar-refractivity contribution in [3.63, 3.8) is 0 Å². The number of nitrogens with zero attached hydrogens (tertiary/aromatic N) is 2. The second-order valence-electron chi connectivity index (χ2n) is 5.01. The van der Waals surface area contributed by atoms with Crippen LogP contribution >= 0.6 is 0 Å². The molecule has 2 aromatic carbocycles. The van der Waals surface area contributed by atoms with Gasteiger partial charge in [0.05, 0.1) is 24.5 Å². The molecule has 1 N–H and O–H groups in total. The molecule has 0 radical (unpaired) electrons. The van der Waals surface area contributed by atoms with Crippen LogP contribution in [0.2, 0.25) is 0 Å². The molecule has 0 spiro atoms. The standard InChI is InChI=1S/C18H16N2O3/c19-13-15-7-4-8-16(11-15)20(10-9-18(22)23)17(21)12-14-5-2-1-3-6-14/h1-8,11H,9-10,12H2,(H,22,23). The zero-order valence-electron chi connectivity index (χ0n) is 12.5. The molecule has 5 heteroatoms. The number of carbonyl (C=O) groups excluding carboxylic acids is 1. The lowest BCUT2D eigenvalue weighted by Gasteiger charge is -2.22. The maximum Gasteiger partial charge on any atom is 0.305 e. The van der Waals surface area contributed by atoms with Crippen molar-refractivity contribution in [3.8, 4) is 6.07 Å². The third-order valence-electron chi connectivity index (χ3n) is 3.34. The van der Waals surface area contributed by atoms with E-state index in [9.17, 15) is 9.59 Å². The number of rotatable bonds is 6. The number of carboxylic acid groups (broad SMARTS) is 1. The molecule has 0 aromatic heterocycles. The van der Waals surface area contributed by atoms with Crippen molar-refractivity contribution < 1.29 is 14.7 Å². The van der Waals surface area contributed by atoms with Gasteiger partial charge in [-0.1, -0.05) is 36.4 Å². The molecule has 0 atom stereocenters. The van der Waals surface area contributed by atoms with Crippen LogP contribution in [0, 0.1) is 11.3 Å². The molecule has 0 saturated carbocycles. The smallest absolute Gasteiger partial charge is 0.305 e. The second kappa shape index (κ2) is 7.76. The fourth-order valence-electron chi connectivity index (χ4n) is 2.21. The summed E-state index contributed by atoms with van der Waals surface area (Å²) in [6.45, 7) is 0.0654. The van der Waals surface area contributed by atoms with Crippen LogP contribution in [0.5, 0.6) is 0 Å². The lowest BCUT2D eigenvalue weighted by Crippen LogP contribution is -2.34. The van der Waals surface area contributed by atoms with E-state index in [1.807, 2.05) is 36.4 Å². The number of hydrogen-bond donors (Lipinski definition) is 1. The monoisotopic (exact) mass is 308 g/mol. The van der Waals surface area contributed by atoms with Crippen molar-refractivity contribution in [3.05, 3.63) is 65.7 Å². The number of anilines is 1. The summed E-state index contributed by atoms with van der Waals surface area (Å²) in [5.74, 6) is -1.17. The molecule has 5 nitrogen and oxygen atoms in total. The van der Waals surface area contributed by atoms with E-state index in [1.54, 1.807) is 24.3 Å². The largest absolute Gasteiger partial charge is 0.481 e. The second-order valence-corrected chi connectivity index (χ2v) is 5.01. The summed E-state index contributed by atoms with van der Waals surface area (Å²) in [4.78, 5) is 24.8. The van der Waals surface area contributed by atoms with Gasteiger partial charge in [0.15, 0.2) is 0 Å². The van der Waals surface area contributed by atoms with Crippen molar-refractivity contribution in [1.29, 1.82) is 5.26 Å². The summed E-state index contributed by atoms with van der Waals surface area (Å²) < 4.78 is 0. The van der Waals surface area contributed by atoms with E-state index < -0.39 is 5.97 Å². The van der Waals surface area contributed by atoms with Gasteiger partial charge in [-0.25, -0.2) is 0 Å². The van der Waals surface area contributed by atoms with Gasteiger partial charge in [-0.2, -0.15) is 5.26 Å². The minimum Gasteiger partial charge on any atom is -0.481 e. The Morgan fingerprint density at radius 3 is 2.48 bits per heavy atom. The first kappa shape index (κ1) is 16.2. The molecule has 0 unspecified atom stereocenters. The van der Waals surface area contributed by atoms with Crippen LogP contribution in [0.1, 0.15) is 17.5 Å². The molecule has 23 heavy (non-hydrogen) atoms. The number of carbonyl (C=O) groups is 2. The molecular formula is C18H16N2O3. The fraction of sp³-hybridized carbons (Fsp3) is 0.167. The molecule has 0 heterocycles. The molecule has 1 amide bonds. The van der Waals surface area contributed by atoms with Crippen LogP contribution in [0.3, 0.4) is 0 Å².